The number of hydrogen-bond acceptors (Lipinski definition) is 3. The van der Waals surface area contributed by atoms with Gasteiger partial charge in [-0.1, -0.05) is 29.3 Å². The average molecular weight is 548 g/mol. The quantitative estimate of drug-likeness (QED) is 0.259. The molecule has 0 aliphatic heterocycles. The first kappa shape index (κ1) is 25.5. The van der Waals surface area contributed by atoms with Crippen LogP contribution in [0.15, 0.2) is 66.3 Å². The van der Waals surface area contributed by atoms with Crippen molar-refractivity contribution in [3.8, 4) is 21.6 Å². The second-order valence-corrected chi connectivity index (χ2v) is 9.29. The Morgan fingerprint density at radius 1 is 0.829 bits per heavy atom. The van der Waals surface area contributed by atoms with Crippen molar-refractivity contribution >= 4 is 34.5 Å². The number of aliphatic hydroxyl groups is 1. The highest BCUT2D eigenvalue weighted by Gasteiger charge is 2.34. The number of nitrogens with zero attached hydrogens (tertiary/aromatic N) is 1. The van der Waals surface area contributed by atoms with Gasteiger partial charge in [-0.2, -0.15) is 26.3 Å². The number of pyridine rings is 1. The van der Waals surface area contributed by atoms with E-state index in [0.717, 1.165) is 35.6 Å². The molecule has 0 saturated heterocycles. The van der Waals surface area contributed by atoms with Crippen LogP contribution in [0.5, 0.6) is 0 Å². The maximum absolute atomic E-state index is 13.4. The Labute approximate surface area is 209 Å². The van der Waals surface area contributed by atoms with E-state index in [2.05, 4.69) is 4.98 Å². The van der Waals surface area contributed by atoms with Crippen molar-refractivity contribution in [3.63, 3.8) is 0 Å². The molecule has 1 atom stereocenters. The smallest absolute Gasteiger partial charge is 0.384 e. The van der Waals surface area contributed by atoms with Gasteiger partial charge in [-0.25, -0.2) is 0 Å². The van der Waals surface area contributed by atoms with Gasteiger partial charge < -0.3 is 5.11 Å². The van der Waals surface area contributed by atoms with Crippen LogP contribution >= 0.6 is 34.5 Å². The second kappa shape index (κ2) is 9.46. The Morgan fingerprint density at radius 3 is 1.94 bits per heavy atom. The standard InChI is InChI=1S/C24H13Cl2F6NOS/c25-17-6-13(4-15(8-17)23(27,28)29)19-11-35-22(20(19)21(34)12-2-1-3-33-10-12)14-5-16(24(30,31)32)9-18(26)7-14/h1-11,21,34H. The zero-order valence-electron chi connectivity index (χ0n) is 17.3. The summed E-state index contributed by atoms with van der Waals surface area (Å²) in [7, 11) is 0. The molecule has 0 aliphatic carbocycles. The summed E-state index contributed by atoms with van der Waals surface area (Å²) in [4.78, 5) is 4.15. The van der Waals surface area contributed by atoms with Gasteiger partial charge >= 0.3 is 12.4 Å². The molecule has 0 fully saturated rings. The van der Waals surface area contributed by atoms with Crippen molar-refractivity contribution in [1.29, 1.82) is 0 Å². The van der Waals surface area contributed by atoms with E-state index in [1.165, 1.54) is 29.9 Å². The fourth-order valence-electron chi connectivity index (χ4n) is 3.58. The minimum Gasteiger partial charge on any atom is -0.384 e. The van der Waals surface area contributed by atoms with Gasteiger partial charge in [-0.05, 0) is 64.5 Å². The van der Waals surface area contributed by atoms with Crippen LogP contribution in [0.4, 0.5) is 26.3 Å². The molecule has 2 heterocycles. The van der Waals surface area contributed by atoms with Crippen molar-refractivity contribution in [1.82, 2.24) is 4.98 Å². The maximum Gasteiger partial charge on any atom is 0.416 e. The normalized spacial score (nSPS) is 13.2. The van der Waals surface area contributed by atoms with Crippen LogP contribution in [0.25, 0.3) is 21.6 Å². The Morgan fingerprint density at radius 2 is 1.40 bits per heavy atom. The van der Waals surface area contributed by atoms with E-state index < -0.39 is 29.6 Å². The zero-order valence-corrected chi connectivity index (χ0v) is 19.6. The van der Waals surface area contributed by atoms with Gasteiger partial charge in [0.05, 0.1) is 11.1 Å². The third-order valence-electron chi connectivity index (χ3n) is 5.13. The summed E-state index contributed by atoms with van der Waals surface area (Å²) in [6, 6.07) is 8.96. The van der Waals surface area contributed by atoms with E-state index in [9.17, 15) is 31.4 Å². The van der Waals surface area contributed by atoms with E-state index in [1.807, 2.05) is 0 Å². The molecule has 0 bridgehead atoms. The SMILES string of the molecule is OC(c1cccnc1)c1c(-c2cc(Cl)cc(C(F)(F)F)c2)csc1-c1cc(Cl)cc(C(F)(F)F)c1. The summed E-state index contributed by atoms with van der Waals surface area (Å²) in [5.74, 6) is 0. The van der Waals surface area contributed by atoms with Crippen molar-refractivity contribution < 1.29 is 31.4 Å². The Kier molecular flexibility index (Phi) is 6.89. The summed E-state index contributed by atoms with van der Waals surface area (Å²) in [5, 5.41) is 12.3. The van der Waals surface area contributed by atoms with Gasteiger partial charge in [0.1, 0.15) is 6.10 Å². The number of thiophene rings is 1. The summed E-state index contributed by atoms with van der Waals surface area (Å²) in [5.41, 5.74) is -1.32. The molecule has 0 saturated carbocycles. The van der Waals surface area contributed by atoms with E-state index in [1.54, 1.807) is 12.1 Å². The number of alkyl halides is 6. The lowest BCUT2D eigenvalue weighted by atomic mass is 9.92. The average Bonchev–Trinajstić information content (AvgIpc) is 3.22. The Balaban J connectivity index is 1.98. The number of aliphatic hydroxyl groups excluding tert-OH is 1. The summed E-state index contributed by atoms with van der Waals surface area (Å²) >= 11 is 12.9. The number of hydrogen-bond donors (Lipinski definition) is 1. The van der Waals surface area contributed by atoms with E-state index in [4.69, 9.17) is 23.2 Å². The van der Waals surface area contributed by atoms with Crippen LogP contribution in [0.3, 0.4) is 0 Å². The van der Waals surface area contributed by atoms with E-state index in [-0.39, 0.29) is 37.2 Å². The highest BCUT2D eigenvalue weighted by molar-refractivity contribution is 7.14. The van der Waals surface area contributed by atoms with Gasteiger partial charge in [0.25, 0.3) is 0 Å². The topological polar surface area (TPSA) is 33.1 Å². The van der Waals surface area contributed by atoms with Crippen LogP contribution in [-0.2, 0) is 12.4 Å². The van der Waals surface area contributed by atoms with Crippen molar-refractivity contribution in [2.75, 3.05) is 0 Å². The number of aromatic nitrogens is 1. The van der Waals surface area contributed by atoms with Gasteiger partial charge in [0.2, 0.25) is 0 Å². The highest BCUT2D eigenvalue weighted by Crippen LogP contribution is 2.46. The van der Waals surface area contributed by atoms with Crippen LogP contribution in [0.1, 0.15) is 28.4 Å². The Hall–Kier alpha value is -2.59. The van der Waals surface area contributed by atoms with Gasteiger partial charge in [0, 0.05) is 38.4 Å². The molecule has 0 aliphatic rings. The third kappa shape index (κ3) is 5.48. The Bertz CT molecular complexity index is 1290. The second-order valence-electron chi connectivity index (χ2n) is 7.53. The molecule has 11 heteroatoms. The van der Waals surface area contributed by atoms with Gasteiger partial charge in [0.15, 0.2) is 0 Å². The minimum absolute atomic E-state index is 0.0448. The fourth-order valence-corrected chi connectivity index (χ4v) is 5.15. The fraction of sp³-hybridized carbons (Fsp3) is 0.125. The molecule has 2 aromatic carbocycles. The molecule has 182 valence electrons. The van der Waals surface area contributed by atoms with Crippen LogP contribution < -0.4 is 0 Å². The predicted molar refractivity (Wildman–Crippen MR) is 124 cm³/mol. The predicted octanol–water partition coefficient (Wildman–Crippen LogP) is 8.90. The summed E-state index contributed by atoms with van der Waals surface area (Å²) in [6.07, 6.45) is -7.97. The molecular formula is C24H13Cl2F6NOS. The molecule has 35 heavy (non-hydrogen) atoms. The monoisotopic (exact) mass is 547 g/mol. The molecule has 1 unspecified atom stereocenters. The molecular weight excluding hydrogens is 535 g/mol. The lowest BCUT2D eigenvalue weighted by molar-refractivity contribution is -0.138. The van der Waals surface area contributed by atoms with Crippen molar-refractivity contribution in [2.45, 2.75) is 18.5 Å². The molecule has 4 rings (SSSR count). The molecule has 0 radical (unpaired) electrons. The lowest BCUT2D eigenvalue weighted by Crippen LogP contribution is -2.06. The first-order chi connectivity index (χ1) is 16.3. The molecule has 4 aromatic rings. The van der Waals surface area contributed by atoms with E-state index >= 15 is 0 Å². The van der Waals surface area contributed by atoms with Crippen LogP contribution in [0, 0.1) is 0 Å². The number of halogens is 8. The van der Waals surface area contributed by atoms with Gasteiger partial charge in [-0.3, -0.25) is 4.98 Å². The largest absolute Gasteiger partial charge is 0.416 e. The highest BCUT2D eigenvalue weighted by atomic mass is 35.5. The van der Waals surface area contributed by atoms with Crippen molar-refractivity contribution in [3.05, 3.63) is 98.6 Å². The summed E-state index contributed by atoms with van der Waals surface area (Å²) < 4.78 is 80.5. The minimum atomic E-state index is -4.69. The molecule has 2 nitrogen and oxygen atoms in total. The maximum atomic E-state index is 13.4. The van der Waals surface area contributed by atoms with Crippen molar-refractivity contribution in [2.24, 2.45) is 0 Å². The zero-order chi connectivity index (χ0) is 25.5. The molecule has 2 aromatic heterocycles. The number of benzene rings is 2. The van der Waals surface area contributed by atoms with Gasteiger partial charge in [-0.15, -0.1) is 11.3 Å². The first-order valence-electron chi connectivity index (χ1n) is 9.80. The lowest BCUT2D eigenvalue weighted by Gasteiger charge is -2.17. The van der Waals surface area contributed by atoms with Crippen LogP contribution in [-0.4, -0.2) is 10.1 Å². The third-order valence-corrected chi connectivity index (χ3v) is 6.61. The molecule has 0 amide bonds. The molecule has 1 N–H and O–H groups in total. The van der Waals surface area contributed by atoms with Crippen LogP contribution in [0.2, 0.25) is 10.0 Å². The van der Waals surface area contributed by atoms with E-state index in [0.29, 0.717) is 5.56 Å². The summed E-state index contributed by atoms with van der Waals surface area (Å²) in [6.45, 7) is 0. The molecule has 0 spiro atoms. The first-order valence-corrected chi connectivity index (χ1v) is 11.4. The number of rotatable bonds is 4.